The van der Waals surface area contributed by atoms with Crippen LogP contribution in [0.3, 0.4) is 0 Å². The molecule has 0 unspecified atom stereocenters. The Hall–Kier alpha value is 0.190. The first-order chi connectivity index (χ1) is 9.30. The molecule has 3 nitrogen and oxygen atoms in total. The van der Waals surface area contributed by atoms with E-state index in [-0.39, 0.29) is 11.3 Å². The maximum atomic E-state index is 13.5. The molecular weight excluding hydrogens is 499 g/mol. The van der Waals surface area contributed by atoms with Crippen LogP contribution in [0.2, 0.25) is 0 Å². The van der Waals surface area contributed by atoms with Gasteiger partial charge in [-0.05, 0) is 57.3 Å². The van der Waals surface area contributed by atoms with Gasteiger partial charge < -0.3 is 10.4 Å². The zero-order chi connectivity index (χ0) is 14.9. The highest BCUT2D eigenvalue weighted by molar-refractivity contribution is 14.1. The number of piperazine rings is 1. The van der Waals surface area contributed by atoms with Crippen LogP contribution >= 0.6 is 45.2 Å². The zero-order valence-electron chi connectivity index (χ0n) is 10.3. The summed E-state index contributed by atoms with van der Waals surface area (Å²) in [5, 5.41) is 13.1. The molecule has 0 saturated carbocycles. The first kappa shape index (κ1) is 16.6. The Morgan fingerprint density at radius 1 is 1.20 bits per heavy atom. The minimum Gasteiger partial charge on any atom is -0.506 e. The number of rotatable bonds is 2. The lowest BCUT2D eigenvalue weighted by atomic mass is 10.0. The fraction of sp³-hybridized carbons (Fsp3) is 0.500. The van der Waals surface area contributed by atoms with Gasteiger partial charge in [0.1, 0.15) is 11.8 Å². The second kappa shape index (κ2) is 6.53. The Bertz CT molecular complexity index is 490. The number of nitrogens with zero attached hydrogens (tertiary/aromatic N) is 1. The molecule has 1 fully saturated rings. The highest BCUT2D eigenvalue weighted by Crippen LogP contribution is 2.43. The Labute approximate surface area is 142 Å². The van der Waals surface area contributed by atoms with Crippen LogP contribution in [0.15, 0.2) is 12.1 Å². The molecule has 0 spiro atoms. The summed E-state index contributed by atoms with van der Waals surface area (Å²) in [7, 11) is 0. The minimum atomic E-state index is -4.41. The van der Waals surface area contributed by atoms with Crippen molar-refractivity contribution in [3.8, 4) is 5.75 Å². The van der Waals surface area contributed by atoms with Crippen molar-refractivity contribution in [2.24, 2.45) is 0 Å². The van der Waals surface area contributed by atoms with E-state index in [9.17, 15) is 18.3 Å². The highest BCUT2D eigenvalue weighted by Gasteiger charge is 2.46. The summed E-state index contributed by atoms with van der Waals surface area (Å²) in [6, 6.07) is 1.32. The monoisotopic (exact) mass is 512 g/mol. The summed E-state index contributed by atoms with van der Waals surface area (Å²) >= 11 is 3.82. The van der Waals surface area contributed by atoms with E-state index in [1.54, 1.807) is 6.07 Å². The lowest BCUT2D eigenvalue weighted by Gasteiger charge is -2.36. The molecule has 0 aromatic heterocycles. The number of phenols is 1. The smallest absolute Gasteiger partial charge is 0.408 e. The standard InChI is InChI=1S/C12H13F3I2N2O/c13-12(14,15)11(19-3-1-18-2-4-19)8-5-7(16)6-9(17)10(8)20/h5-6,11,18,20H,1-4H2/t11-/m1/s1. The van der Waals surface area contributed by atoms with Gasteiger partial charge in [-0.2, -0.15) is 13.2 Å². The van der Waals surface area contributed by atoms with Gasteiger partial charge >= 0.3 is 6.18 Å². The van der Waals surface area contributed by atoms with Gasteiger partial charge in [-0.3, -0.25) is 4.90 Å². The molecule has 2 N–H and O–H groups in total. The van der Waals surface area contributed by atoms with Crippen molar-refractivity contribution < 1.29 is 18.3 Å². The molecule has 1 aliphatic rings. The topological polar surface area (TPSA) is 35.5 Å². The van der Waals surface area contributed by atoms with Crippen molar-refractivity contribution in [2.75, 3.05) is 26.2 Å². The number of halogens is 5. The van der Waals surface area contributed by atoms with Crippen LogP contribution in [0.5, 0.6) is 5.75 Å². The fourth-order valence-corrected chi connectivity index (χ4v) is 4.20. The van der Waals surface area contributed by atoms with E-state index in [0.29, 0.717) is 33.3 Å². The molecule has 112 valence electrons. The zero-order valence-corrected chi connectivity index (χ0v) is 14.7. The molecule has 1 aromatic rings. The van der Waals surface area contributed by atoms with Crippen LogP contribution < -0.4 is 5.32 Å². The summed E-state index contributed by atoms with van der Waals surface area (Å²) in [5.74, 6) is -0.271. The van der Waals surface area contributed by atoms with Gasteiger partial charge in [-0.1, -0.05) is 0 Å². The summed E-state index contributed by atoms with van der Waals surface area (Å²) < 4.78 is 41.5. The number of benzene rings is 1. The number of hydrogen-bond donors (Lipinski definition) is 2. The Morgan fingerprint density at radius 3 is 2.35 bits per heavy atom. The van der Waals surface area contributed by atoms with E-state index in [0.717, 1.165) is 0 Å². The second-order valence-corrected chi connectivity index (χ2v) is 6.96. The van der Waals surface area contributed by atoms with E-state index >= 15 is 0 Å². The molecule has 1 heterocycles. The SMILES string of the molecule is Oc1c(I)cc(I)cc1[C@@H](N1CCNCC1)C(F)(F)F. The first-order valence-electron chi connectivity index (χ1n) is 6.00. The number of hydrogen-bond acceptors (Lipinski definition) is 3. The predicted octanol–water partition coefficient (Wildman–Crippen LogP) is 3.11. The van der Waals surface area contributed by atoms with Gasteiger partial charge in [0.2, 0.25) is 0 Å². The molecule has 1 aliphatic heterocycles. The third kappa shape index (κ3) is 3.69. The molecule has 20 heavy (non-hydrogen) atoms. The summed E-state index contributed by atoms with van der Waals surface area (Å²) in [6.07, 6.45) is -4.41. The number of nitrogens with one attached hydrogen (secondary N) is 1. The van der Waals surface area contributed by atoms with Crippen LogP contribution in [0.4, 0.5) is 13.2 Å². The van der Waals surface area contributed by atoms with E-state index in [4.69, 9.17) is 0 Å². The Kier molecular flexibility index (Phi) is 5.40. The molecule has 0 radical (unpaired) electrons. The molecule has 1 aromatic carbocycles. The molecule has 0 amide bonds. The van der Waals surface area contributed by atoms with Gasteiger partial charge in [-0.15, -0.1) is 0 Å². The molecule has 1 saturated heterocycles. The van der Waals surface area contributed by atoms with Crippen molar-refractivity contribution in [2.45, 2.75) is 12.2 Å². The molecule has 0 bridgehead atoms. The highest BCUT2D eigenvalue weighted by atomic mass is 127. The number of phenolic OH excluding ortho intramolecular Hbond substituents is 1. The van der Waals surface area contributed by atoms with Crippen LogP contribution in [-0.2, 0) is 0 Å². The molecule has 2 rings (SSSR count). The van der Waals surface area contributed by atoms with Crippen LogP contribution in [0, 0.1) is 7.14 Å². The van der Waals surface area contributed by atoms with Gasteiger partial charge in [0, 0.05) is 35.3 Å². The van der Waals surface area contributed by atoms with E-state index in [2.05, 4.69) is 5.32 Å². The lowest BCUT2D eigenvalue weighted by Crippen LogP contribution is -2.49. The Balaban J connectivity index is 2.46. The number of aromatic hydroxyl groups is 1. The van der Waals surface area contributed by atoms with E-state index < -0.39 is 12.2 Å². The average molecular weight is 512 g/mol. The van der Waals surface area contributed by atoms with Crippen LogP contribution in [0.25, 0.3) is 0 Å². The van der Waals surface area contributed by atoms with Crippen molar-refractivity contribution >= 4 is 45.2 Å². The second-order valence-electron chi connectivity index (χ2n) is 4.56. The molecular formula is C12H13F3I2N2O. The van der Waals surface area contributed by atoms with Crippen LogP contribution in [0.1, 0.15) is 11.6 Å². The summed E-state index contributed by atoms with van der Waals surface area (Å²) in [6.45, 7) is 1.67. The third-order valence-electron chi connectivity index (χ3n) is 3.18. The quantitative estimate of drug-likeness (QED) is 0.599. The van der Waals surface area contributed by atoms with E-state index in [1.807, 2.05) is 45.2 Å². The van der Waals surface area contributed by atoms with E-state index in [1.165, 1.54) is 11.0 Å². The van der Waals surface area contributed by atoms with Gasteiger partial charge in [-0.25, -0.2) is 0 Å². The largest absolute Gasteiger partial charge is 0.506 e. The summed E-state index contributed by atoms with van der Waals surface area (Å²) in [4.78, 5) is 1.37. The molecule has 8 heteroatoms. The van der Waals surface area contributed by atoms with Gasteiger partial charge in [0.05, 0.1) is 3.57 Å². The lowest BCUT2D eigenvalue weighted by molar-refractivity contribution is -0.188. The Morgan fingerprint density at radius 2 is 1.80 bits per heavy atom. The maximum absolute atomic E-state index is 13.5. The van der Waals surface area contributed by atoms with Crippen molar-refractivity contribution in [1.82, 2.24) is 10.2 Å². The first-order valence-corrected chi connectivity index (χ1v) is 8.16. The number of alkyl halides is 3. The summed E-state index contributed by atoms with van der Waals surface area (Å²) in [5.41, 5.74) is -0.0595. The van der Waals surface area contributed by atoms with Crippen molar-refractivity contribution in [1.29, 1.82) is 0 Å². The van der Waals surface area contributed by atoms with Gasteiger partial charge in [0.25, 0.3) is 0 Å². The van der Waals surface area contributed by atoms with Gasteiger partial charge in [0.15, 0.2) is 0 Å². The third-order valence-corrected chi connectivity index (χ3v) is 4.62. The molecule has 1 atom stereocenters. The fourth-order valence-electron chi connectivity index (χ4n) is 2.31. The predicted molar refractivity (Wildman–Crippen MR) is 86.8 cm³/mol. The maximum Gasteiger partial charge on any atom is 0.408 e. The van der Waals surface area contributed by atoms with Crippen molar-refractivity contribution in [3.05, 3.63) is 24.8 Å². The molecule has 0 aliphatic carbocycles. The normalized spacial score (nSPS) is 19.1. The minimum absolute atomic E-state index is 0.0595. The van der Waals surface area contributed by atoms with Crippen molar-refractivity contribution in [3.63, 3.8) is 0 Å². The average Bonchev–Trinajstić information content (AvgIpc) is 2.35. The van der Waals surface area contributed by atoms with Crippen LogP contribution in [-0.4, -0.2) is 42.4 Å².